The van der Waals surface area contributed by atoms with Crippen LogP contribution in [-0.4, -0.2) is 40.7 Å². The number of anilines is 1. The van der Waals surface area contributed by atoms with E-state index < -0.39 is 11.6 Å². The van der Waals surface area contributed by atoms with E-state index in [1.54, 1.807) is 28.0 Å². The Balaban J connectivity index is 1.40. The van der Waals surface area contributed by atoms with E-state index in [0.717, 1.165) is 22.0 Å². The summed E-state index contributed by atoms with van der Waals surface area (Å²) in [5.41, 5.74) is 2.68. The van der Waals surface area contributed by atoms with Gasteiger partial charge in [0.05, 0.1) is 5.69 Å². The molecule has 1 atom stereocenters. The van der Waals surface area contributed by atoms with E-state index in [0.29, 0.717) is 40.6 Å². The second kappa shape index (κ2) is 12.8. The maximum absolute atomic E-state index is 14.1. The largest absolute Gasteiger partial charge is 0.350 e. The Hall–Kier alpha value is -3.87. The number of carbonyl (C=O) groups excluding carboxylic acids is 3. The first-order valence-corrected chi connectivity index (χ1v) is 15.2. The Morgan fingerprint density at radius 2 is 1.65 bits per heavy atom. The van der Waals surface area contributed by atoms with E-state index >= 15 is 0 Å². The summed E-state index contributed by atoms with van der Waals surface area (Å²) < 4.78 is 0. The van der Waals surface area contributed by atoms with E-state index in [2.05, 4.69) is 5.32 Å². The van der Waals surface area contributed by atoms with Gasteiger partial charge in [0.1, 0.15) is 6.04 Å². The molecule has 1 aliphatic rings. The van der Waals surface area contributed by atoms with Crippen LogP contribution in [0.4, 0.5) is 5.69 Å². The number of nitrogens with zero attached hydrogens (tertiary/aromatic N) is 2. The van der Waals surface area contributed by atoms with Crippen molar-refractivity contribution in [1.29, 1.82) is 0 Å². The summed E-state index contributed by atoms with van der Waals surface area (Å²) in [6.45, 7) is 6.26. The van der Waals surface area contributed by atoms with Crippen LogP contribution in [0.2, 0.25) is 10.0 Å². The fourth-order valence-electron chi connectivity index (χ4n) is 5.57. The predicted octanol–water partition coefficient (Wildman–Crippen LogP) is 7.44. The van der Waals surface area contributed by atoms with Crippen LogP contribution in [-0.2, 0) is 22.6 Å². The van der Waals surface area contributed by atoms with Crippen LogP contribution in [0.1, 0.15) is 55.1 Å². The lowest BCUT2D eigenvalue weighted by Gasteiger charge is -2.34. The summed E-state index contributed by atoms with van der Waals surface area (Å²) in [6.07, 6.45) is 0.912. The fourth-order valence-corrected chi connectivity index (χ4v) is 6.04. The summed E-state index contributed by atoms with van der Waals surface area (Å²) in [4.78, 5) is 44.5. The molecule has 222 valence electrons. The van der Waals surface area contributed by atoms with Gasteiger partial charge in [0.25, 0.3) is 5.91 Å². The zero-order valence-electron chi connectivity index (χ0n) is 24.6. The molecule has 0 unspecified atom stereocenters. The molecule has 0 radical (unpaired) electrons. The van der Waals surface area contributed by atoms with E-state index in [9.17, 15) is 14.4 Å². The molecule has 1 aliphatic heterocycles. The summed E-state index contributed by atoms with van der Waals surface area (Å²) >= 11 is 12.7. The monoisotopic (exact) mass is 615 g/mol. The Morgan fingerprint density at radius 3 is 2.35 bits per heavy atom. The van der Waals surface area contributed by atoms with Crippen LogP contribution in [0.5, 0.6) is 0 Å². The number of hydrogen-bond donors (Lipinski definition) is 1. The van der Waals surface area contributed by atoms with E-state index in [4.69, 9.17) is 23.2 Å². The van der Waals surface area contributed by atoms with Gasteiger partial charge >= 0.3 is 0 Å². The molecule has 0 aromatic heterocycles. The highest BCUT2D eigenvalue weighted by Crippen LogP contribution is 2.37. The minimum Gasteiger partial charge on any atom is -0.350 e. The maximum atomic E-state index is 14.1. The summed E-state index contributed by atoms with van der Waals surface area (Å²) in [5.74, 6) is -0.499. The molecule has 3 amide bonds. The lowest BCUT2D eigenvalue weighted by atomic mass is 10.00. The van der Waals surface area contributed by atoms with E-state index in [1.165, 1.54) is 0 Å². The lowest BCUT2D eigenvalue weighted by Crippen LogP contribution is -2.54. The van der Waals surface area contributed by atoms with Gasteiger partial charge in [-0.2, -0.15) is 0 Å². The van der Waals surface area contributed by atoms with Crippen LogP contribution >= 0.6 is 23.2 Å². The average molecular weight is 617 g/mol. The third-order valence-electron chi connectivity index (χ3n) is 7.55. The molecule has 1 heterocycles. The highest BCUT2D eigenvalue weighted by atomic mass is 35.5. The fraction of sp³-hybridized carbons (Fsp3) is 0.286. The summed E-state index contributed by atoms with van der Waals surface area (Å²) in [6, 6.07) is 25.6. The molecule has 4 aromatic rings. The first-order chi connectivity index (χ1) is 20.5. The number of hydrogen-bond acceptors (Lipinski definition) is 3. The van der Waals surface area contributed by atoms with Crippen LogP contribution in [0.3, 0.4) is 0 Å². The molecule has 43 heavy (non-hydrogen) atoms. The maximum Gasteiger partial charge on any atom is 0.258 e. The molecule has 8 heteroatoms. The van der Waals surface area contributed by atoms with Crippen LogP contribution in [0, 0.1) is 0 Å². The average Bonchev–Trinajstić information content (AvgIpc) is 3.23. The zero-order valence-corrected chi connectivity index (χ0v) is 26.1. The molecule has 0 saturated heterocycles. The highest BCUT2D eigenvalue weighted by molar-refractivity contribution is 6.35. The minimum absolute atomic E-state index is 0.0597. The second-order valence-electron chi connectivity index (χ2n) is 11.9. The van der Waals surface area contributed by atoms with Gasteiger partial charge in [-0.25, -0.2) is 0 Å². The third kappa shape index (κ3) is 7.03. The van der Waals surface area contributed by atoms with Crippen molar-refractivity contribution < 1.29 is 14.4 Å². The Morgan fingerprint density at radius 1 is 0.930 bits per heavy atom. The molecule has 0 saturated carbocycles. The van der Waals surface area contributed by atoms with Gasteiger partial charge in [-0.05, 0) is 68.0 Å². The van der Waals surface area contributed by atoms with Crippen molar-refractivity contribution in [3.63, 3.8) is 0 Å². The van der Waals surface area contributed by atoms with Crippen molar-refractivity contribution in [1.82, 2.24) is 10.2 Å². The molecule has 0 fully saturated rings. The molecule has 0 spiro atoms. The predicted molar refractivity (Wildman–Crippen MR) is 174 cm³/mol. The first-order valence-electron chi connectivity index (χ1n) is 14.4. The number of rotatable bonds is 10. The second-order valence-corrected chi connectivity index (χ2v) is 12.8. The number of halogens is 2. The molecule has 0 aliphatic carbocycles. The summed E-state index contributed by atoms with van der Waals surface area (Å²) in [5, 5.41) is 5.95. The van der Waals surface area contributed by atoms with Crippen molar-refractivity contribution in [2.75, 3.05) is 11.4 Å². The Labute approximate surface area is 262 Å². The standard InChI is InChI=1S/C35H35Cl2N3O3/c1-35(2,3)38-33(42)30(20-23-10-5-4-6-11-23)40(22-25-17-18-26(36)21-28(25)37)31(41)16-9-19-39-29-15-8-13-24-12-7-14-27(32(24)29)34(39)43/h4-8,10-15,17-18,21,30H,9,16,19-20,22H2,1-3H3,(H,38,42)/t30-/m0/s1. The molecular formula is C35H35Cl2N3O3. The van der Waals surface area contributed by atoms with Crippen LogP contribution in [0.25, 0.3) is 10.8 Å². The van der Waals surface area contributed by atoms with Crippen molar-refractivity contribution in [2.24, 2.45) is 0 Å². The zero-order chi connectivity index (χ0) is 30.7. The lowest BCUT2D eigenvalue weighted by molar-refractivity contribution is -0.142. The van der Waals surface area contributed by atoms with Crippen molar-refractivity contribution in [3.05, 3.63) is 112 Å². The molecule has 6 nitrogen and oxygen atoms in total. The normalized spacial score (nSPS) is 13.3. The van der Waals surface area contributed by atoms with Gasteiger partial charge in [0.15, 0.2) is 0 Å². The first kappa shape index (κ1) is 30.6. The number of nitrogens with one attached hydrogen (secondary N) is 1. The number of carbonyl (C=O) groups is 3. The van der Waals surface area contributed by atoms with Gasteiger partial charge in [0.2, 0.25) is 11.8 Å². The molecule has 5 rings (SSSR count). The Kier molecular flexibility index (Phi) is 9.09. The molecule has 0 bridgehead atoms. The number of amides is 3. The Bertz CT molecular complexity index is 1660. The summed E-state index contributed by atoms with van der Waals surface area (Å²) in [7, 11) is 0. The third-order valence-corrected chi connectivity index (χ3v) is 8.13. The molecule has 1 N–H and O–H groups in total. The van der Waals surface area contributed by atoms with Gasteiger partial charge < -0.3 is 15.1 Å². The van der Waals surface area contributed by atoms with Crippen molar-refractivity contribution in [2.45, 2.75) is 58.2 Å². The van der Waals surface area contributed by atoms with Gasteiger partial charge in [0, 0.05) is 52.5 Å². The quantitative estimate of drug-likeness (QED) is 0.201. The molecule has 4 aromatic carbocycles. The van der Waals surface area contributed by atoms with Gasteiger partial charge in [-0.3, -0.25) is 14.4 Å². The van der Waals surface area contributed by atoms with Crippen molar-refractivity contribution >= 4 is 57.4 Å². The van der Waals surface area contributed by atoms with Crippen molar-refractivity contribution in [3.8, 4) is 0 Å². The number of benzene rings is 4. The van der Waals surface area contributed by atoms with Gasteiger partial charge in [-0.1, -0.05) is 83.9 Å². The SMILES string of the molecule is CC(C)(C)NC(=O)[C@H](Cc1ccccc1)N(Cc1ccc(Cl)cc1Cl)C(=O)CCCN1C(=O)c2cccc3cccc1c23. The van der Waals surface area contributed by atoms with E-state index in [-0.39, 0.29) is 30.7 Å². The smallest absolute Gasteiger partial charge is 0.258 e. The van der Waals surface area contributed by atoms with E-state index in [1.807, 2.05) is 87.5 Å². The minimum atomic E-state index is -0.785. The molecular weight excluding hydrogens is 581 g/mol. The van der Waals surface area contributed by atoms with Crippen LogP contribution in [0.15, 0.2) is 84.9 Å². The van der Waals surface area contributed by atoms with Crippen LogP contribution < -0.4 is 10.2 Å². The van der Waals surface area contributed by atoms with Gasteiger partial charge in [-0.15, -0.1) is 0 Å². The topological polar surface area (TPSA) is 69.7 Å². The highest BCUT2D eigenvalue weighted by Gasteiger charge is 2.33.